The van der Waals surface area contributed by atoms with Crippen LogP contribution < -0.4 is 15.4 Å². The number of aromatic nitrogens is 2. The maximum absolute atomic E-state index is 12.6. The first-order valence-electron chi connectivity index (χ1n) is 9.66. The number of pyridine rings is 2. The number of nitrogens with one attached hydrogen (secondary N) is 2. The maximum Gasteiger partial charge on any atom is 0.573 e. The molecule has 0 radical (unpaired) electrons. The molecule has 1 fully saturated rings. The quantitative estimate of drug-likeness (QED) is 0.580. The van der Waals surface area contributed by atoms with Crippen LogP contribution >= 0.6 is 0 Å². The smallest absolute Gasteiger partial charge is 0.406 e. The van der Waals surface area contributed by atoms with Gasteiger partial charge in [0.15, 0.2) is 0 Å². The van der Waals surface area contributed by atoms with Gasteiger partial charge in [-0.3, -0.25) is 14.6 Å². The van der Waals surface area contributed by atoms with E-state index in [1.54, 1.807) is 6.07 Å². The monoisotopic (exact) mass is 442 g/mol. The number of ether oxygens (including phenoxy) is 1. The van der Waals surface area contributed by atoms with Crippen LogP contribution in [0.1, 0.15) is 23.2 Å². The van der Waals surface area contributed by atoms with Gasteiger partial charge in [0.25, 0.3) is 5.91 Å². The molecule has 164 valence electrons. The van der Waals surface area contributed by atoms with Gasteiger partial charge in [0.05, 0.1) is 11.9 Å². The second-order valence-electron chi connectivity index (χ2n) is 7.18. The van der Waals surface area contributed by atoms with Crippen LogP contribution in [0.4, 0.5) is 24.7 Å². The van der Waals surface area contributed by atoms with Gasteiger partial charge in [-0.25, -0.2) is 4.98 Å². The Kier molecular flexibility index (Phi) is 5.76. The third kappa shape index (κ3) is 5.60. The lowest BCUT2D eigenvalue weighted by atomic mass is 10.1. The number of halogens is 3. The molecule has 0 aliphatic heterocycles. The van der Waals surface area contributed by atoms with Gasteiger partial charge < -0.3 is 15.4 Å². The number of benzene rings is 1. The lowest BCUT2D eigenvalue weighted by Crippen LogP contribution is -2.17. The fraction of sp³-hybridized carbons (Fsp3) is 0.182. The van der Waals surface area contributed by atoms with Crippen LogP contribution in [0.25, 0.3) is 11.1 Å². The van der Waals surface area contributed by atoms with Crippen molar-refractivity contribution in [2.45, 2.75) is 19.2 Å². The molecule has 0 bridgehead atoms. The van der Waals surface area contributed by atoms with E-state index in [0.717, 1.165) is 12.8 Å². The van der Waals surface area contributed by atoms with Gasteiger partial charge in [-0.2, -0.15) is 0 Å². The maximum atomic E-state index is 12.6. The number of hydrogen-bond donors (Lipinski definition) is 2. The molecule has 7 nitrogen and oxygen atoms in total. The van der Waals surface area contributed by atoms with Crippen molar-refractivity contribution in [3.8, 4) is 16.9 Å². The predicted molar refractivity (Wildman–Crippen MR) is 110 cm³/mol. The van der Waals surface area contributed by atoms with Crippen LogP contribution in [0.2, 0.25) is 0 Å². The first-order chi connectivity index (χ1) is 15.3. The summed E-state index contributed by atoms with van der Waals surface area (Å²) in [6.45, 7) is 0. The van der Waals surface area contributed by atoms with Crippen molar-refractivity contribution >= 4 is 23.3 Å². The van der Waals surface area contributed by atoms with Crippen LogP contribution in [0.5, 0.6) is 5.75 Å². The van der Waals surface area contributed by atoms with Crippen molar-refractivity contribution < 1.29 is 27.5 Å². The van der Waals surface area contributed by atoms with Gasteiger partial charge in [0, 0.05) is 29.4 Å². The van der Waals surface area contributed by atoms with Crippen molar-refractivity contribution in [3.05, 3.63) is 66.6 Å². The predicted octanol–water partition coefficient (Wildman–Crippen LogP) is 4.64. The Bertz CT molecular complexity index is 1150. The van der Waals surface area contributed by atoms with Crippen LogP contribution in [0.15, 0.2) is 61.1 Å². The van der Waals surface area contributed by atoms with E-state index in [0.29, 0.717) is 28.2 Å². The molecule has 2 aromatic heterocycles. The molecule has 0 saturated heterocycles. The van der Waals surface area contributed by atoms with E-state index in [-0.39, 0.29) is 17.6 Å². The number of hydrogen-bond acceptors (Lipinski definition) is 5. The lowest BCUT2D eigenvalue weighted by Gasteiger charge is -2.10. The summed E-state index contributed by atoms with van der Waals surface area (Å²) in [5, 5.41) is 5.40. The van der Waals surface area contributed by atoms with Gasteiger partial charge in [0.1, 0.15) is 11.6 Å². The Morgan fingerprint density at radius 2 is 1.72 bits per heavy atom. The fourth-order valence-corrected chi connectivity index (χ4v) is 2.93. The Labute approximate surface area is 180 Å². The Hall–Kier alpha value is -3.95. The Morgan fingerprint density at radius 1 is 0.969 bits per heavy atom. The molecule has 2 N–H and O–H groups in total. The summed E-state index contributed by atoms with van der Waals surface area (Å²) in [6, 6.07) is 9.94. The normalized spacial score (nSPS) is 13.3. The molecule has 1 aliphatic carbocycles. The van der Waals surface area contributed by atoms with Crippen molar-refractivity contribution in [3.63, 3.8) is 0 Å². The Balaban J connectivity index is 1.44. The zero-order chi connectivity index (χ0) is 22.7. The topological polar surface area (TPSA) is 93.2 Å². The molecular weight excluding hydrogens is 425 g/mol. The summed E-state index contributed by atoms with van der Waals surface area (Å²) in [4.78, 5) is 32.6. The molecule has 4 rings (SSSR count). The second kappa shape index (κ2) is 8.66. The van der Waals surface area contributed by atoms with Gasteiger partial charge in [-0.15, -0.1) is 13.2 Å². The zero-order valence-corrected chi connectivity index (χ0v) is 16.5. The van der Waals surface area contributed by atoms with Crippen molar-refractivity contribution in [1.29, 1.82) is 0 Å². The summed E-state index contributed by atoms with van der Waals surface area (Å²) in [7, 11) is 0. The number of alkyl halides is 3. The molecule has 0 unspecified atom stereocenters. The van der Waals surface area contributed by atoms with E-state index in [4.69, 9.17) is 0 Å². The molecule has 1 aromatic carbocycles. The Morgan fingerprint density at radius 3 is 2.41 bits per heavy atom. The number of carbonyl (C=O) groups excluding carboxylic acids is 2. The number of amides is 2. The third-order valence-electron chi connectivity index (χ3n) is 4.64. The second-order valence-corrected chi connectivity index (χ2v) is 7.18. The summed E-state index contributed by atoms with van der Waals surface area (Å²) in [5.74, 6) is -0.568. The molecule has 1 saturated carbocycles. The zero-order valence-electron chi connectivity index (χ0n) is 16.5. The van der Waals surface area contributed by atoms with E-state index >= 15 is 0 Å². The molecule has 2 heterocycles. The van der Waals surface area contributed by atoms with Crippen molar-refractivity contribution in [1.82, 2.24) is 9.97 Å². The minimum atomic E-state index is -4.76. The third-order valence-corrected chi connectivity index (χ3v) is 4.64. The highest BCUT2D eigenvalue weighted by Crippen LogP contribution is 2.30. The van der Waals surface area contributed by atoms with Crippen molar-refractivity contribution in [2.24, 2.45) is 5.92 Å². The van der Waals surface area contributed by atoms with Crippen LogP contribution in [-0.2, 0) is 4.79 Å². The summed E-state index contributed by atoms with van der Waals surface area (Å²) in [5.41, 5.74) is 1.87. The van der Waals surface area contributed by atoms with Crippen molar-refractivity contribution in [2.75, 3.05) is 10.6 Å². The van der Waals surface area contributed by atoms with Gasteiger partial charge in [0.2, 0.25) is 5.91 Å². The average Bonchev–Trinajstić information content (AvgIpc) is 3.59. The first-order valence-corrected chi connectivity index (χ1v) is 9.66. The largest absolute Gasteiger partial charge is 0.573 e. The van der Waals surface area contributed by atoms with Gasteiger partial charge in [-0.1, -0.05) is 12.1 Å². The minimum absolute atomic E-state index is 0.0113. The summed E-state index contributed by atoms with van der Waals surface area (Å²) in [6.07, 6.45) is 1.34. The fourth-order valence-electron chi connectivity index (χ4n) is 2.93. The minimum Gasteiger partial charge on any atom is -0.406 e. The molecule has 32 heavy (non-hydrogen) atoms. The average molecular weight is 442 g/mol. The summed E-state index contributed by atoms with van der Waals surface area (Å²) < 4.78 is 40.8. The number of carbonyl (C=O) groups is 2. The van der Waals surface area contributed by atoms with E-state index in [1.165, 1.54) is 55.0 Å². The molecule has 2 amide bonds. The molecule has 0 spiro atoms. The molecule has 3 aromatic rings. The standard InChI is InChI=1S/C22H17F3N4O3/c23-22(24,25)32-18-5-3-13(4-6-18)16-9-17(12-26-11-16)28-21(31)15-7-8-27-19(10-15)29-20(30)14-1-2-14/h3-12,14H,1-2H2,(H,28,31)(H,27,29,30). The highest BCUT2D eigenvalue weighted by atomic mass is 19.4. The highest BCUT2D eigenvalue weighted by molar-refractivity contribution is 6.05. The lowest BCUT2D eigenvalue weighted by molar-refractivity contribution is -0.274. The van der Waals surface area contributed by atoms with Crippen LogP contribution in [-0.4, -0.2) is 28.1 Å². The molecule has 1 aliphatic rings. The van der Waals surface area contributed by atoms with Crippen LogP contribution in [0.3, 0.4) is 0 Å². The number of nitrogens with zero attached hydrogens (tertiary/aromatic N) is 2. The summed E-state index contributed by atoms with van der Waals surface area (Å²) >= 11 is 0. The first kappa shape index (κ1) is 21.3. The molecular formula is C22H17F3N4O3. The van der Waals surface area contributed by atoms with Crippen LogP contribution in [0, 0.1) is 5.92 Å². The van der Waals surface area contributed by atoms with E-state index in [1.807, 2.05) is 0 Å². The highest BCUT2D eigenvalue weighted by Gasteiger charge is 2.31. The number of rotatable bonds is 6. The molecule has 0 atom stereocenters. The number of anilines is 2. The van der Waals surface area contributed by atoms with Gasteiger partial charge >= 0.3 is 6.36 Å². The van der Waals surface area contributed by atoms with E-state index < -0.39 is 12.3 Å². The van der Waals surface area contributed by atoms with Gasteiger partial charge in [-0.05, 0) is 48.7 Å². The molecule has 10 heteroatoms. The van der Waals surface area contributed by atoms with E-state index in [2.05, 4.69) is 25.3 Å². The SMILES string of the molecule is O=C(Nc1cncc(-c2ccc(OC(F)(F)F)cc2)c1)c1ccnc(NC(=O)C2CC2)c1. The van der Waals surface area contributed by atoms with E-state index in [9.17, 15) is 22.8 Å².